The Morgan fingerprint density at radius 1 is 1.31 bits per heavy atom. The Morgan fingerprint density at radius 2 is 2.10 bits per heavy atom. The molecule has 8 heteroatoms. The zero-order chi connectivity index (χ0) is 19.8. The van der Waals surface area contributed by atoms with Gasteiger partial charge in [-0.2, -0.15) is 0 Å². The molecular formula is C21H31IN4O3. The molecule has 1 aliphatic carbocycles. The lowest BCUT2D eigenvalue weighted by molar-refractivity contribution is 0.0386. The van der Waals surface area contributed by atoms with Crippen LogP contribution in [0.2, 0.25) is 0 Å². The molecule has 29 heavy (non-hydrogen) atoms. The molecule has 2 aromatic rings. The van der Waals surface area contributed by atoms with E-state index in [9.17, 15) is 5.11 Å². The first-order chi connectivity index (χ1) is 13.6. The molecule has 0 spiro atoms. The van der Waals surface area contributed by atoms with Gasteiger partial charge in [0.1, 0.15) is 17.5 Å². The van der Waals surface area contributed by atoms with Gasteiger partial charge >= 0.3 is 0 Å². The lowest BCUT2D eigenvalue weighted by Gasteiger charge is -2.22. The standard InChI is InChI=1S/C21H30N4O3.HI/c1-3-22-20(25-15-21(2,26)18-11-7-13-27-18)24-14-16-8-6-12-23-19(16)28-17-9-4-5-10-17;/h6-8,11-13,17,26H,3-5,9-10,14-15H2,1-2H3,(H2,22,24,25);1H. The lowest BCUT2D eigenvalue weighted by Crippen LogP contribution is -2.44. The van der Waals surface area contributed by atoms with Crippen LogP contribution in [0.5, 0.6) is 5.88 Å². The molecule has 0 aromatic carbocycles. The first kappa shape index (κ1) is 23.5. The summed E-state index contributed by atoms with van der Waals surface area (Å²) < 4.78 is 11.4. The number of pyridine rings is 1. The van der Waals surface area contributed by atoms with E-state index < -0.39 is 5.60 Å². The molecule has 160 valence electrons. The van der Waals surface area contributed by atoms with Gasteiger partial charge in [0.15, 0.2) is 5.96 Å². The molecule has 1 fully saturated rings. The third-order valence-corrected chi connectivity index (χ3v) is 4.83. The molecular weight excluding hydrogens is 483 g/mol. The smallest absolute Gasteiger partial charge is 0.218 e. The molecule has 7 nitrogen and oxygen atoms in total. The van der Waals surface area contributed by atoms with E-state index in [1.807, 2.05) is 19.1 Å². The molecule has 0 saturated heterocycles. The number of aliphatic hydroxyl groups is 1. The van der Waals surface area contributed by atoms with E-state index in [0.29, 0.717) is 30.7 Å². The third kappa shape index (κ3) is 6.88. The van der Waals surface area contributed by atoms with Gasteiger partial charge in [-0.15, -0.1) is 24.0 Å². The Kier molecular flexibility index (Phi) is 9.22. The number of nitrogens with one attached hydrogen (secondary N) is 2. The molecule has 3 N–H and O–H groups in total. The summed E-state index contributed by atoms with van der Waals surface area (Å²) in [4.78, 5) is 9.04. The topological polar surface area (TPSA) is 91.9 Å². The molecule has 1 aliphatic rings. The highest BCUT2D eigenvalue weighted by atomic mass is 127. The van der Waals surface area contributed by atoms with Crippen LogP contribution >= 0.6 is 24.0 Å². The number of aromatic nitrogens is 1. The number of hydrogen-bond donors (Lipinski definition) is 3. The summed E-state index contributed by atoms with van der Waals surface area (Å²) in [6, 6.07) is 7.41. The highest BCUT2D eigenvalue weighted by molar-refractivity contribution is 14.0. The van der Waals surface area contributed by atoms with Gasteiger partial charge in [-0.05, 0) is 57.7 Å². The number of ether oxygens (including phenoxy) is 1. The molecule has 0 amide bonds. The summed E-state index contributed by atoms with van der Waals surface area (Å²) in [7, 11) is 0. The third-order valence-electron chi connectivity index (χ3n) is 4.83. The maximum atomic E-state index is 10.6. The van der Waals surface area contributed by atoms with Crippen LogP contribution in [-0.4, -0.2) is 35.2 Å². The Bertz CT molecular complexity index is 759. The van der Waals surface area contributed by atoms with Crippen molar-refractivity contribution >= 4 is 29.9 Å². The zero-order valence-corrected chi connectivity index (χ0v) is 19.4. The monoisotopic (exact) mass is 514 g/mol. The lowest BCUT2D eigenvalue weighted by atomic mass is 10.0. The van der Waals surface area contributed by atoms with Gasteiger partial charge in [-0.25, -0.2) is 9.98 Å². The van der Waals surface area contributed by atoms with Gasteiger partial charge in [-0.3, -0.25) is 0 Å². The maximum Gasteiger partial charge on any atom is 0.218 e. The number of furan rings is 1. The van der Waals surface area contributed by atoms with Gasteiger partial charge < -0.3 is 24.9 Å². The number of halogens is 1. The summed E-state index contributed by atoms with van der Waals surface area (Å²) in [5, 5.41) is 17.0. The quantitative estimate of drug-likeness (QED) is 0.284. The van der Waals surface area contributed by atoms with Crippen LogP contribution in [0, 0.1) is 0 Å². The molecule has 0 radical (unpaired) electrons. The minimum Gasteiger partial charge on any atom is -0.474 e. The summed E-state index contributed by atoms with van der Waals surface area (Å²) >= 11 is 0. The van der Waals surface area contributed by atoms with E-state index in [4.69, 9.17) is 9.15 Å². The number of rotatable bonds is 8. The van der Waals surface area contributed by atoms with Gasteiger partial charge in [0, 0.05) is 18.3 Å². The first-order valence-electron chi connectivity index (χ1n) is 9.97. The highest BCUT2D eigenvalue weighted by Crippen LogP contribution is 2.25. The minimum absolute atomic E-state index is 0. The van der Waals surface area contributed by atoms with Crippen molar-refractivity contribution in [2.75, 3.05) is 13.1 Å². The average molecular weight is 514 g/mol. The molecule has 0 aliphatic heterocycles. The summed E-state index contributed by atoms with van der Waals surface area (Å²) in [5.41, 5.74) is -0.186. The Labute approximate surface area is 189 Å². The zero-order valence-electron chi connectivity index (χ0n) is 17.1. The summed E-state index contributed by atoms with van der Waals surface area (Å²) in [6.07, 6.45) is 8.17. The van der Waals surface area contributed by atoms with E-state index in [2.05, 4.69) is 20.6 Å². The number of hydrogen-bond acceptors (Lipinski definition) is 5. The van der Waals surface area contributed by atoms with Crippen molar-refractivity contribution in [3.8, 4) is 5.88 Å². The van der Waals surface area contributed by atoms with E-state index in [1.165, 1.54) is 12.8 Å². The van der Waals surface area contributed by atoms with Gasteiger partial charge in [0.05, 0.1) is 19.4 Å². The fraction of sp³-hybridized carbons (Fsp3) is 0.524. The maximum absolute atomic E-state index is 10.6. The predicted molar refractivity (Wildman–Crippen MR) is 124 cm³/mol. The number of nitrogens with zero attached hydrogens (tertiary/aromatic N) is 2. The number of guanidine groups is 1. The van der Waals surface area contributed by atoms with E-state index in [1.54, 1.807) is 31.5 Å². The second kappa shape index (κ2) is 11.4. The Morgan fingerprint density at radius 3 is 2.79 bits per heavy atom. The molecule has 1 atom stereocenters. The van der Waals surface area contributed by atoms with E-state index in [0.717, 1.165) is 18.4 Å². The van der Waals surface area contributed by atoms with Crippen LogP contribution in [0.25, 0.3) is 0 Å². The molecule has 0 bridgehead atoms. The second-order valence-electron chi connectivity index (χ2n) is 7.29. The fourth-order valence-electron chi connectivity index (χ4n) is 3.25. The molecule has 2 heterocycles. The van der Waals surface area contributed by atoms with Crippen LogP contribution in [0.3, 0.4) is 0 Å². The molecule has 1 saturated carbocycles. The van der Waals surface area contributed by atoms with Crippen molar-refractivity contribution in [2.24, 2.45) is 4.99 Å². The van der Waals surface area contributed by atoms with Crippen molar-refractivity contribution < 1.29 is 14.3 Å². The average Bonchev–Trinajstić information content (AvgIpc) is 3.39. The van der Waals surface area contributed by atoms with Crippen LogP contribution < -0.4 is 15.4 Å². The summed E-state index contributed by atoms with van der Waals surface area (Å²) in [5.74, 6) is 1.79. The minimum atomic E-state index is -1.13. The van der Waals surface area contributed by atoms with Crippen LogP contribution in [-0.2, 0) is 12.1 Å². The summed E-state index contributed by atoms with van der Waals surface area (Å²) in [6.45, 7) is 5.13. The van der Waals surface area contributed by atoms with Crippen LogP contribution in [0.1, 0.15) is 50.9 Å². The van der Waals surface area contributed by atoms with Crippen molar-refractivity contribution in [3.63, 3.8) is 0 Å². The predicted octanol–water partition coefficient (Wildman–Crippen LogP) is 3.58. The fourth-order valence-corrected chi connectivity index (χ4v) is 3.25. The van der Waals surface area contributed by atoms with E-state index in [-0.39, 0.29) is 36.6 Å². The van der Waals surface area contributed by atoms with Crippen molar-refractivity contribution in [2.45, 2.75) is 57.8 Å². The van der Waals surface area contributed by atoms with Crippen LogP contribution in [0.15, 0.2) is 46.1 Å². The Hall–Kier alpha value is -1.81. The molecule has 1 unspecified atom stereocenters. The van der Waals surface area contributed by atoms with Gasteiger partial charge in [-0.1, -0.05) is 6.07 Å². The molecule has 2 aromatic heterocycles. The van der Waals surface area contributed by atoms with Crippen molar-refractivity contribution in [1.82, 2.24) is 15.6 Å². The number of aliphatic imine (C=N–C) groups is 1. The van der Waals surface area contributed by atoms with Crippen LogP contribution in [0.4, 0.5) is 0 Å². The largest absolute Gasteiger partial charge is 0.474 e. The van der Waals surface area contributed by atoms with Crippen molar-refractivity contribution in [3.05, 3.63) is 48.0 Å². The van der Waals surface area contributed by atoms with Crippen molar-refractivity contribution in [1.29, 1.82) is 0 Å². The Balaban J connectivity index is 0.00000300. The van der Waals surface area contributed by atoms with Gasteiger partial charge in [0.2, 0.25) is 5.88 Å². The van der Waals surface area contributed by atoms with Gasteiger partial charge in [0.25, 0.3) is 0 Å². The van der Waals surface area contributed by atoms with E-state index >= 15 is 0 Å². The SMILES string of the molecule is CCNC(=NCc1cccnc1OC1CCCC1)NCC(C)(O)c1ccco1.I. The highest BCUT2D eigenvalue weighted by Gasteiger charge is 2.26. The molecule has 3 rings (SSSR count). The second-order valence-corrected chi connectivity index (χ2v) is 7.29. The normalized spacial score (nSPS) is 16.7. The first-order valence-corrected chi connectivity index (χ1v) is 9.97.